The van der Waals surface area contributed by atoms with Gasteiger partial charge in [-0.3, -0.25) is 0 Å². The average Bonchev–Trinajstić information content (AvgIpc) is 3.73. The predicted octanol–water partition coefficient (Wildman–Crippen LogP) is 18.9. The molecule has 0 saturated heterocycles. The van der Waals surface area contributed by atoms with E-state index in [2.05, 4.69) is 271 Å². The summed E-state index contributed by atoms with van der Waals surface area (Å²) in [5, 5.41) is 0. The molecule has 338 valence electrons. The number of para-hydroxylation sites is 4. The van der Waals surface area contributed by atoms with Crippen molar-refractivity contribution in [2.75, 3.05) is 9.80 Å². The lowest BCUT2D eigenvalue weighted by molar-refractivity contribution is 0.653. The van der Waals surface area contributed by atoms with Gasteiger partial charge in [-0.25, -0.2) is 0 Å². The van der Waals surface area contributed by atoms with Crippen molar-refractivity contribution in [3.05, 3.63) is 246 Å². The van der Waals surface area contributed by atoms with Gasteiger partial charge in [-0.15, -0.1) is 0 Å². The molecule has 9 aromatic carbocycles. The smallest absolute Gasteiger partial charge is 0.0471 e. The van der Waals surface area contributed by atoms with Crippen molar-refractivity contribution in [2.45, 2.75) is 65.7 Å². The Morgan fingerprint density at radius 2 is 0.913 bits per heavy atom. The summed E-state index contributed by atoms with van der Waals surface area (Å²) < 4.78 is 0. The minimum atomic E-state index is -0.376. The summed E-state index contributed by atoms with van der Waals surface area (Å²) in [7, 11) is 0. The van der Waals surface area contributed by atoms with Crippen LogP contribution < -0.4 is 9.80 Å². The first-order chi connectivity index (χ1) is 33.4. The Bertz CT molecular complexity index is 3300. The molecule has 0 heterocycles. The molecule has 0 bridgehead atoms. The van der Waals surface area contributed by atoms with Gasteiger partial charge in [0.15, 0.2) is 0 Å². The summed E-state index contributed by atoms with van der Waals surface area (Å²) in [5.74, 6) is 0.534. The number of aryl methyl sites for hydroxylation is 1. The SMILES string of the molecule is C=C(CC(C)C)c1ccc(-c2cc(N(c3ccccc3)c3ccccc3)cc3c2-c2cc4c(c(-c5ccccc5)c2C3(C)C)-c2ccc(N(c3ccccc3)c3ccccc3)cc2C4(C)C)cc1C. The molecular formula is C67H60N2. The lowest BCUT2D eigenvalue weighted by atomic mass is 9.75. The number of hydrogen-bond acceptors (Lipinski definition) is 2. The quantitative estimate of drug-likeness (QED) is 0.128. The predicted molar refractivity (Wildman–Crippen MR) is 295 cm³/mol. The Morgan fingerprint density at radius 3 is 1.43 bits per heavy atom. The molecule has 2 aliphatic rings. The second kappa shape index (κ2) is 17.1. The van der Waals surface area contributed by atoms with E-state index in [-0.39, 0.29) is 10.8 Å². The number of anilines is 6. The summed E-state index contributed by atoms with van der Waals surface area (Å²) in [6, 6.07) is 76.2. The molecule has 0 amide bonds. The number of hydrogen-bond donors (Lipinski definition) is 0. The Labute approximate surface area is 409 Å². The van der Waals surface area contributed by atoms with Crippen LogP contribution in [0.5, 0.6) is 0 Å². The Kier molecular flexibility index (Phi) is 10.9. The third kappa shape index (κ3) is 7.42. The van der Waals surface area contributed by atoms with Crippen molar-refractivity contribution in [3.63, 3.8) is 0 Å². The number of benzene rings is 9. The molecule has 2 aliphatic carbocycles. The first-order valence-corrected chi connectivity index (χ1v) is 24.6. The molecule has 0 fully saturated rings. The van der Waals surface area contributed by atoms with E-state index in [1.54, 1.807) is 0 Å². The summed E-state index contributed by atoms with van der Waals surface area (Å²) >= 11 is 0. The standard InChI is InChI=1S/C67H60N2/c1-44(2)38-45(3)55-36-34-48(39-46(55)4)57-40-54(69(51-30-20-12-21-31-51)52-32-22-13-23-33-52)42-60-63(57)58-43-61-64(62(65(58)67(60,7)8)47-24-14-9-15-25-47)56-37-35-53(41-59(56)66(61,5)6)68(49-26-16-10-17-27-49)50-28-18-11-19-29-50/h9-37,39-44H,3,38H2,1-2,4-8H3. The van der Waals surface area contributed by atoms with E-state index >= 15 is 0 Å². The second-order valence-corrected chi connectivity index (χ2v) is 20.6. The fourth-order valence-electron chi connectivity index (χ4n) is 11.7. The Hall–Kier alpha value is -7.68. The minimum absolute atomic E-state index is 0.308. The average molecular weight is 893 g/mol. The van der Waals surface area contributed by atoms with E-state index in [0.29, 0.717) is 5.92 Å². The van der Waals surface area contributed by atoms with Gasteiger partial charge in [0.2, 0.25) is 0 Å². The highest BCUT2D eigenvalue weighted by Crippen LogP contribution is 2.63. The second-order valence-electron chi connectivity index (χ2n) is 20.6. The van der Waals surface area contributed by atoms with Crippen molar-refractivity contribution < 1.29 is 0 Å². The molecule has 0 unspecified atom stereocenters. The zero-order valence-corrected chi connectivity index (χ0v) is 41.0. The van der Waals surface area contributed by atoms with Gasteiger partial charge >= 0.3 is 0 Å². The van der Waals surface area contributed by atoms with Gasteiger partial charge in [-0.2, -0.15) is 0 Å². The molecule has 0 spiro atoms. The van der Waals surface area contributed by atoms with Gasteiger partial charge < -0.3 is 9.80 Å². The zero-order valence-electron chi connectivity index (χ0n) is 41.0. The third-order valence-electron chi connectivity index (χ3n) is 14.8. The van der Waals surface area contributed by atoms with Gasteiger partial charge in [0.1, 0.15) is 0 Å². The van der Waals surface area contributed by atoms with Crippen LogP contribution >= 0.6 is 0 Å². The van der Waals surface area contributed by atoms with Crippen LogP contribution in [0.1, 0.15) is 81.3 Å². The maximum absolute atomic E-state index is 4.58. The fourth-order valence-corrected chi connectivity index (χ4v) is 11.7. The van der Waals surface area contributed by atoms with E-state index in [4.69, 9.17) is 0 Å². The zero-order chi connectivity index (χ0) is 47.6. The Morgan fingerprint density at radius 1 is 0.420 bits per heavy atom. The summed E-state index contributed by atoms with van der Waals surface area (Å²) in [6.45, 7) is 21.2. The molecule has 9 aromatic rings. The highest BCUT2D eigenvalue weighted by atomic mass is 15.1. The van der Waals surface area contributed by atoms with E-state index in [1.165, 1.54) is 83.5 Å². The molecule has 0 saturated carbocycles. The molecule has 69 heavy (non-hydrogen) atoms. The van der Waals surface area contributed by atoms with Crippen LogP contribution in [0.4, 0.5) is 34.1 Å². The lowest BCUT2D eigenvalue weighted by Gasteiger charge is -2.30. The number of nitrogens with zero attached hydrogens (tertiary/aromatic N) is 2. The highest BCUT2D eigenvalue weighted by Gasteiger charge is 2.46. The maximum Gasteiger partial charge on any atom is 0.0471 e. The molecule has 0 N–H and O–H groups in total. The number of fused-ring (bicyclic) bond motifs is 6. The van der Waals surface area contributed by atoms with Crippen molar-refractivity contribution in [3.8, 4) is 44.5 Å². The molecule has 0 radical (unpaired) electrons. The first-order valence-electron chi connectivity index (χ1n) is 24.6. The van der Waals surface area contributed by atoms with Gasteiger partial charge in [0.25, 0.3) is 0 Å². The van der Waals surface area contributed by atoms with E-state index < -0.39 is 0 Å². The topological polar surface area (TPSA) is 6.48 Å². The largest absolute Gasteiger partial charge is 0.310 e. The number of allylic oxidation sites excluding steroid dienone is 1. The molecular weight excluding hydrogens is 833 g/mol. The number of rotatable bonds is 11. The van der Waals surface area contributed by atoms with Crippen LogP contribution in [0.25, 0.3) is 50.1 Å². The van der Waals surface area contributed by atoms with Crippen LogP contribution in [0.3, 0.4) is 0 Å². The van der Waals surface area contributed by atoms with Gasteiger partial charge in [-0.1, -0.05) is 176 Å². The van der Waals surface area contributed by atoms with Gasteiger partial charge in [0, 0.05) is 45.0 Å². The van der Waals surface area contributed by atoms with Crippen molar-refractivity contribution in [1.29, 1.82) is 0 Å². The van der Waals surface area contributed by atoms with Crippen LogP contribution in [0, 0.1) is 12.8 Å². The lowest BCUT2D eigenvalue weighted by Crippen LogP contribution is -2.19. The van der Waals surface area contributed by atoms with Crippen molar-refractivity contribution >= 4 is 39.7 Å². The van der Waals surface area contributed by atoms with E-state index in [1.807, 2.05) is 0 Å². The summed E-state index contributed by atoms with van der Waals surface area (Å²) in [6.07, 6.45) is 0.972. The fraction of sp³-hybridized carbons (Fsp3) is 0.164. The van der Waals surface area contributed by atoms with Crippen LogP contribution in [0.2, 0.25) is 0 Å². The maximum atomic E-state index is 4.58. The molecule has 0 atom stereocenters. The van der Waals surface area contributed by atoms with Crippen LogP contribution in [0.15, 0.2) is 213 Å². The molecule has 2 nitrogen and oxygen atoms in total. The van der Waals surface area contributed by atoms with Crippen molar-refractivity contribution in [1.82, 2.24) is 0 Å². The van der Waals surface area contributed by atoms with E-state index in [9.17, 15) is 0 Å². The molecule has 0 aromatic heterocycles. The van der Waals surface area contributed by atoms with Crippen molar-refractivity contribution in [2.24, 2.45) is 5.92 Å². The van der Waals surface area contributed by atoms with Gasteiger partial charge in [-0.05, 0) is 182 Å². The summed E-state index contributed by atoms with van der Waals surface area (Å²) in [4.78, 5) is 4.82. The minimum Gasteiger partial charge on any atom is -0.310 e. The summed E-state index contributed by atoms with van der Waals surface area (Å²) in [5.41, 5.74) is 25.6. The molecule has 0 aliphatic heterocycles. The Balaban J connectivity index is 1.18. The van der Waals surface area contributed by atoms with Crippen LogP contribution in [-0.4, -0.2) is 0 Å². The monoisotopic (exact) mass is 892 g/mol. The molecule has 2 heteroatoms. The normalized spacial score (nSPS) is 13.6. The third-order valence-corrected chi connectivity index (χ3v) is 14.8. The first kappa shape index (κ1) is 43.9. The highest BCUT2D eigenvalue weighted by molar-refractivity contribution is 6.05. The molecule has 11 rings (SSSR count). The van der Waals surface area contributed by atoms with E-state index in [0.717, 1.165) is 40.5 Å². The van der Waals surface area contributed by atoms with Crippen LogP contribution in [-0.2, 0) is 10.8 Å². The van der Waals surface area contributed by atoms with Gasteiger partial charge in [0.05, 0.1) is 0 Å².